The van der Waals surface area contributed by atoms with E-state index in [4.69, 9.17) is 9.84 Å². The summed E-state index contributed by atoms with van der Waals surface area (Å²) in [5, 5.41) is 22.4. The molecule has 33 heavy (non-hydrogen) atoms. The van der Waals surface area contributed by atoms with Crippen LogP contribution in [0.1, 0.15) is 19.8 Å². The first-order valence-electron chi connectivity index (χ1n) is 10.3. The lowest BCUT2D eigenvalue weighted by Gasteiger charge is -2.40. The lowest BCUT2D eigenvalue weighted by atomic mass is 9.88. The SMILES string of the molecule is CCC=CC(=O)N(CC(F)(F)F)[C@@H]1CC(C(=O)NCCO)=C[C@H](Oc2ccccc2I)[C@H]1O. The average molecular weight is 582 g/mol. The van der Waals surface area contributed by atoms with Crippen LogP contribution >= 0.6 is 22.6 Å². The molecule has 2 amide bonds. The molecule has 1 aliphatic rings. The summed E-state index contributed by atoms with van der Waals surface area (Å²) >= 11 is 2.01. The predicted molar refractivity (Wildman–Crippen MR) is 123 cm³/mol. The number of amides is 2. The van der Waals surface area contributed by atoms with Crippen molar-refractivity contribution in [2.45, 2.75) is 44.2 Å². The van der Waals surface area contributed by atoms with Crippen molar-refractivity contribution in [3.05, 3.63) is 51.6 Å². The van der Waals surface area contributed by atoms with Crippen LogP contribution in [-0.4, -0.2) is 71.0 Å². The molecular formula is C22H26F3IN2O5. The Labute approximate surface area is 203 Å². The molecule has 7 nitrogen and oxygen atoms in total. The third kappa shape index (κ3) is 8.00. The number of carbonyl (C=O) groups is 2. The zero-order chi connectivity index (χ0) is 24.6. The molecular weight excluding hydrogens is 556 g/mol. The summed E-state index contributed by atoms with van der Waals surface area (Å²) in [4.78, 5) is 25.7. The number of allylic oxidation sites excluding steroid dienone is 1. The highest BCUT2D eigenvalue weighted by Gasteiger charge is 2.44. The summed E-state index contributed by atoms with van der Waals surface area (Å²) < 4.78 is 46.6. The van der Waals surface area contributed by atoms with E-state index in [2.05, 4.69) is 5.32 Å². The van der Waals surface area contributed by atoms with Gasteiger partial charge in [0.05, 0.1) is 16.2 Å². The van der Waals surface area contributed by atoms with Crippen molar-refractivity contribution >= 4 is 34.4 Å². The number of nitrogens with one attached hydrogen (secondary N) is 1. The number of aliphatic hydroxyl groups excluding tert-OH is 2. The molecule has 0 saturated heterocycles. The van der Waals surface area contributed by atoms with E-state index in [1.807, 2.05) is 22.6 Å². The number of benzene rings is 1. The van der Waals surface area contributed by atoms with E-state index in [1.165, 1.54) is 12.2 Å². The normalized spacial score (nSPS) is 20.9. The van der Waals surface area contributed by atoms with E-state index in [9.17, 15) is 27.9 Å². The first-order valence-corrected chi connectivity index (χ1v) is 11.4. The highest BCUT2D eigenvalue weighted by atomic mass is 127. The van der Waals surface area contributed by atoms with Gasteiger partial charge >= 0.3 is 6.18 Å². The van der Waals surface area contributed by atoms with Gasteiger partial charge in [-0.15, -0.1) is 0 Å². The first kappa shape index (κ1) is 27.1. The average Bonchev–Trinajstić information content (AvgIpc) is 2.76. The lowest BCUT2D eigenvalue weighted by Crippen LogP contribution is -2.56. The molecule has 1 aliphatic carbocycles. The number of para-hydroxylation sites is 1. The van der Waals surface area contributed by atoms with Crippen LogP contribution in [0.5, 0.6) is 5.75 Å². The largest absolute Gasteiger partial charge is 0.482 e. The third-order valence-electron chi connectivity index (χ3n) is 4.84. The summed E-state index contributed by atoms with van der Waals surface area (Å²) in [6.07, 6.45) is -3.53. The molecule has 0 bridgehead atoms. The Balaban J connectivity index is 2.45. The van der Waals surface area contributed by atoms with Crippen LogP contribution in [0.2, 0.25) is 0 Å². The maximum Gasteiger partial charge on any atom is 0.406 e. The van der Waals surface area contributed by atoms with Crippen LogP contribution in [-0.2, 0) is 9.59 Å². The Hall–Kier alpha value is -2.12. The minimum atomic E-state index is -4.72. The monoisotopic (exact) mass is 582 g/mol. The fourth-order valence-electron chi connectivity index (χ4n) is 3.33. The van der Waals surface area contributed by atoms with E-state index in [0.717, 1.165) is 6.08 Å². The van der Waals surface area contributed by atoms with Crippen LogP contribution < -0.4 is 10.1 Å². The maximum absolute atomic E-state index is 13.3. The van der Waals surface area contributed by atoms with Gasteiger partial charge in [-0.05, 0) is 53.3 Å². The third-order valence-corrected chi connectivity index (χ3v) is 5.73. The summed E-state index contributed by atoms with van der Waals surface area (Å²) in [6.45, 7) is -0.253. The van der Waals surface area contributed by atoms with Gasteiger partial charge in [-0.3, -0.25) is 9.59 Å². The van der Waals surface area contributed by atoms with Crippen LogP contribution in [0, 0.1) is 3.57 Å². The van der Waals surface area contributed by atoms with Crippen LogP contribution in [0.4, 0.5) is 13.2 Å². The van der Waals surface area contributed by atoms with E-state index >= 15 is 0 Å². The van der Waals surface area contributed by atoms with Gasteiger partial charge in [-0.25, -0.2) is 0 Å². The molecule has 0 unspecified atom stereocenters. The van der Waals surface area contributed by atoms with Gasteiger partial charge in [0.1, 0.15) is 24.5 Å². The molecule has 0 heterocycles. The molecule has 0 radical (unpaired) electrons. The van der Waals surface area contributed by atoms with Gasteiger partial charge in [0.25, 0.3) is 0 Å². The Kier molecular flexibility index (Phi) is 10.2. The Morgan fingerprint density at radius 1 is 1.33 bits per heavy atom. The molecule has 11 heteroatoms. The van der Waals surface area contributed by atoms with Gasteiger partial charge in [0, 0.05) is 18.5 Å². The molecule has 0 aliphatic heterocycles. The molecule has 0 fully saturated rings. The first-order chi connectivity index (χ1) is 15.6. The molecule has 2 rings (SSSR count). The van der Waals surface area contributed by atoms with Crippen LogP contribution in [0.25, 0.3) is 0 Å². The summed E-state index contributed by atoms with van der Waals surface area (Å²) in [6, 6.07) is 5.46. The van der Waals surface area contributed by atoms with Crippen molar-refractivity contribution < 1.29 is 37.7 Å². The van der Waals surface area contributed by atoms with Crippen molar-refractivity contribution in [3.63, 3.8) is 0 Å². The Bertz CT molecular complexity index is 891. The van der Waals surface area contributed by atoms with Crippen molar-refractivity contribution in [1.29, 1.82) is 0 Å². The fraction of sp³-hybridized carbons (Fsp3) is 0.455. The van der Waals surface area contributed by atoms with Gasteiger partial charge < -0.3 is 25.2 Å². The quantitative estimate of drug-likeness (QED) is 0.307. The second kappa shape index (κ2) is 12.4. The number of hydrogen-bond acceptors (Lipinski definition) is 5. The molecule has 0 aromatic heterocycles. The number of rotatable bonds is 9. The smallest absolute Gasteiger partial charge is 0.406 e. The second-order valence-corrected chi connectivity index (χ2v) is 8.50. The fourth-order valence-corrected chi connectivity index (χ4v) is 3.85. The van der Waals surface area contributed by atoms with Crippen LogP contribution in [0.3, 0.4) is 0 Å². The van der Waals surface area contributed by atoms with Crippen molar-refractivity contribution in [2.24, 2.45) is 0 Å². The molecule has 1 aromatic rings. The number of alkyl halides is 3. The van der Waals surface area contributed by atoms with Gasteiger partial charge in [-0.1, -0.05) is 25.1 Å². The summed E-state index contributed by atoms with van der Waals surface area (Å²) in [5.41, 5.74) is 0.0501. The Morgan fingerprint density at radius 2 is 2.03 bits per heavy atom. The number of hydrogen-bond donors (Lipinski definition) is 3. The summed E-state index contributed by atoms with van der Waals surface area (Å²) in [7, 11) is 0. The molecule has 0 spiro atoms. The lowest BCUT2D eigenvalue weighted by molar-refractivity contribution is -0.169. The maximum atomic E-state index is 13.3. The Morgan fingerprint density at radius 3 is 2.64 bits per heavy atom. The summed E-state index contributed by atoms with van der Waals surface area (Å²) in [5.74, 6) is -1.18. The molecule has 3 N–H and O–H groups in total. The molecule has 3 atom stereocenters. The van der Waals surface area contributed by atoms with Crippen LogP contribution in [0.15, 0.2) is 48.1 Å². The predicted octanol–water partition coefficient (Wildman–Crippen LogP) is 2.56. The second-order valence-electron chi connectivity index (χ2n) is 7.34. The van der Waals surface area contributed by atoms with E-state index in [1.54, 1.807) is 31.2 Å². The highest BCUT2D eigenvalue weighted by molar-refractivity contribution is 14.1. The standard InChI is InChI=1S/C22H26F3IN2O5/c1-2-3-8-19(30)28(13-22(23,24)25)16-11-14(21(32)27-9-10-29)12-18(20(16)31)33-17-7-5-4-6-15(17)26/h3-8,12,16,18,20,29,31H,2,9-11,13H2,1H3,(H,27,32)/t16-,18+,20+/m1/s1. The molecule has 1 aromatic carbocycles. The zero-order valence-electron chi connectivity index (χ0n) is 17.9. The van der Waals surface area contributed by atoms with Crippen molar-refractivity contribution in [1.82, 2.24) is 10.2 Å². The van der Waals surface area contributed by atoms with Gasteiger partial charge in [0.2, 0.25) is 11.8 Å². The number of ether oxygens (including phenoxy) is 1. The minimum Gasteiger partial charge on any atom is -0.482 e. The molecule has 0 saturated carbocycles. The minimum absolute atomic E-state index is 0.0501. The van der Waals surface area contributed by atoms with Crippen molar-refractivity contribution in [3.8, 4) is 5.75 Å². The number of aliphatic hydroxyl groups is 2. The van der Waals surface area contributed by atoms with Gasteiger partial charge in [-0.2, -0.15) is 13.2 Å². The van der Waals surface area contributed by atoms with E-state index < -0.39 is 42.8 Å². The van der Waals surface area contributed by atoms with Gasteiger partial charge in [0.15, 0.2) is 0 Å². The number of carbonyl (C=O) groups excluding carboxylic acids is 2. The highest BCUT2D eigenvalue weighted by Crippen LogP contribution is 2.31. The topological polar surface area (TPSA) is 99.1 Å². The number of nitrogens with zero attached hydrogens (tertiary/aromatic N) is 1. The molecule has 182 valence electrons. The van der Waals surface area contributed by atoms with E-state index in [0.29, 0.717) is 20.6 Å². The number of halogens is 4. The van der Waals surface area contributed by atoms with E-state index in [-0.39, 0.29) is 25.1 Å². The zero-order valence-corrected chi connectivity index (χ0v) is 20.0. The van der Waals surface area contributed by atoms with Crippen molar-refractivity contribution in [2.75, 3.05) is 19.7 Å².